The third-order valence-electron chi connectivity index (χ3n) is 5.34. The molecule has 1 saturated carbocycles. The fourth-order valence-electron chi connectivity index (χ4n) is 3.80. The monoisotopic (exact) mass is 366 g/mol. The zero-order valence-electron chi connectivity index (χ0n) is 15.0. The van der Waals surface area contributed by atoms with Crippen LogP contribution in [-0.2, 0) is 11.3 Å². The van der Waals surface area contributed by atoms with Crippen LogP contribution >= 0.6 is 0 Å². The Kier molecular flexibility index (Phi) is 4.12. The van der Waals surface area contributed by atoms with Crippen molar-refractivity contribution in [3.63, 3.8) is 0 Å². The minimum atomic E-state index is -0.0730. The van der Waals surface area contributed by atoms with Crippen LogP contribution in [0, 0.1) is 5.92 Å². The van der Waals surface area contributed by atoms with Gasteiger partial charge in [0.2, 0.25) is 5.91 Å². The molecule has 0 radical (unpaired) electrons. The Labute approximate surface area is 156 Å². The summed E-state index contributed by atoms with van der Waals surface area (Å²) in [6, 6.07) is 5.84. The van der Waals surface area contributed by atoms with E-state index >= 15 is 0 Å². The lowest BCUT2D eigenvalue weighted by Crippen LogP contribution is -2.40. The van der Waals surface area contributed by atoms with Gasteiger partial charge in [-0.3, -0.25) is 15.0 Å². The number of rotatable bonds is 5. The minimum absolute atomic E-state index is 0.0250. The number of carbonyl (C=O) groups is 1. The Balaban J connectivity index is 1.27. The van der Waals surface area contributed by atoms with Gasteiger partial charge in [-0.1, -0.05) is 0 Å². The maximum atomic E-state index is 12.8. The maximum absolute atomic E-state index is 12.8. The van der Waals surface area contributed by atoms with Crippen LogP contribution in [0.1, 0.15) is 43.1 Å². The molecule has 5 rings (SSSR count). The first-order valence-electron chi connectivity index (χ1n) is 9.53. The summed E-state index contributed by atoms with van der Waals surface area (Å²) in [4.78, 5) is 23.7. The quantitative estimate of drug-likeness (QED) is 0.746. The number of piperidine rings is 1. The summed E-state index contributed by atoms with van der Waals surface area (Å²) in [5.41, 5.74) is 1.12. The molecule has 2 fully saturated rings. The molecule has 8 nitrogen and oxygen atoms in total. The predicted molar refractivity (Wildman–Crippen MR) is 98.1 cm³/mol. The van der Waals surface area contributed by atoms with E-state index in [9.17, 15) is 4.79 Å². The number of amides is 1. The highest BCUT2D eigenvalue weighted by molar-refractivity contribution is 5.91. The van der Waals surface area contributed by atoms with Crippen molar-refractivity contribution in [3.05, 3.63) is 42.1 Å². The zero-order chi connectivity index (χ0) is 18.2. The van der Waals surface area contributed by atoms with Crippen LogP contribution in [-0.4, -0.2) is 43.5 Å². The van der Waals surface area contributed by atoms with Gasteiger partial charge in [0.1, 0.15) is 5.76 Å². The second-order valence-corrected chi connectivity index (χ2v) is 7.43. The molecule has 2 aliphatic rings. The molecule has 1 N–H and O–H groups in total. The SMILES string of the molecule is O=C(Nc1nc2nccc(C3CC3)n2n1)C1CCCN(Cc2ccco2)C1. The van der Waals surface area contributed by atoms with Crippen LogP contribution in [0.2, 0.25) is 0 Å². The lowest BCUT2D eigenvalue weighted by Gasteiger charge is -2.31. The number of nitrogens with one attached hydrogen (secondary N) is 1. The van der Waals surface area contributed by atoms with Gasteiger partial charge in [-0.15, -0.1) is 5.10 Å². The van der Waals surface area contributed by atoms with Gasteiger partial charge in [-0.25, -0.2) is 4.98 Å². The van der Waals surface area contributed by atoms with E-state index < -0.39 is 0 Å². The van der Waals surface area contributed by atoms with Crippen molar-refractivity contribution in [2.75, 3.05) is 18.4 Å². The van der Waals surface area contributed by atoms with Gasteiger partial charge in [0.05, 0.1) is 24.4 Å². The number of carbonyl (C=O) groups excluding carboxylic acids is 1. The van der Waals surface area contributed by atoms with Crippen LogP contribution in [0.3, 0.4) is 0 Å². The van der Waals surface area contributed by atoms with Gasteiger partial charge in [-0.05, 0) is 50.4 Å². The summed E-state index contributed by atoms with van der Waals surface area (Å²) in [7, 11) is 0. The molecule has 3 aromatic heterocycles. The molecule has 27 heavy (non-hydrogen) atoms. The number of aromatic nitrogens is 4. The number of fused-ring (bicyclic) bond motifs is 1. The Morgan fingerprint density at radius 3 is 3.04 bits per heavy atom. The van der Waals surface area contributed by atoms with Crippen LogP contribution in [0.5, 0.6) is 0 Å². The summed E-state index contributed by atoms with van der Waals surface area (Å²) in [6.45, 7) is 2.43. The highest BCUT2D eigenvalue weighted by Gasteiger charge is 2.29. The summed E-state index contributed by atoms with van der Waals surface area (Å²) >= 11 is 0. The van der Waals surface area contributed by atoms with Crippen molar-refractivity contribution in [3.8, 4) is 0 Å². The van der Waals surface area contributed by atoms with E-state index in [0.717, 1.165) is 37.4 Å². The first-order chi connectivity index (χ1) is 13.3. The lowest BCUT2D eigenvalue weighted by molar-refractivity contribution is -0.121. The Hall–Kier alpha value is -2.74. The average molecular weight is 366 g/mol. The van der Waals surface area contributed by atoms with E-state index in [2.05, 4.69) is 25.3 Å². The van der Waals surface area contributed by atoms with Crippen molar-refractivity contribution in [2.24, 2.45) is 5.92 Å². The molecule has 8 heteroatoms. The number of anilines is 1. The summed E-state index contributed by atoms with van der Waals surface area (Å²) < 4.78 is 7.19. The van der Waals surface area contributed by atoms with Crippen molar-refractivity contribution >= 4 is 17.6 Å². The molecule has 1 saturated heterocycles. The van der Waals surface area contributed by atoms with E-state index in [4.69, 9.17) is 4.42 Å². The molecule has 0 spiro atoms. The van der Waals surface area contributed by atoms with Gasteiger partial charge < -0.3 is 4.42 Å². The number of hydrogen-bond acceptors (Lipinski definition) is 6. The third-order valence-corrected chi connectivity index (χ3v) is 5.34. The summed E-state index contributed by atoms with van der Waals surface area (Å²) in [5.74, 6) is 2.24. The van der Waals surface area contributed by atoms with Crippen LogP contribution in [0.25, 0.3) is 5.78 Å². The highest BCUT2D eigenvalue weighted by atomic mass is 16.3. The first kappa shape index (κ1) is 16.4. The Bertz CT molecular complexity index is 946. The summed E-state index contributed by atoms with van der Waals surface area (Å²) in [5, 5.41) is 7.37. The molecule has 4 heterocycles. The molecule has 1 atom stereocenters. The second kappa shape index (κ2) is 6.77. The zero-order valence-corrected chi connectivity index (χ0v) is 15.0. The molecule has 1 unspecified atom stereocenters. The van der Waals surface area contributed by atoms with E-state index in [1.54, 1.807) is 17.0 Å². The van der Waals surface area contributed by atoms with Crippen molar-refractivity contribution in [1.29, 1.82) is 0 Å². The molecular formula is C19H22N6O2. The van der Waals surface area contributed by atoms with E-state index in [-0.39, 0.29) is 11.8 Å². The number of likely N-dealkylation sites (tertiary alicyclic amines) is 1. The second-order valence-electron chi connectivity index (χ2n) is 7.43. The number of nitrogens with zero attached hydrogens (tertiary/aromatic N) is 5. The maximum Gasteiger partial charge on any atom is 0.254 e. The van der Waals surface area contributed by atoms with Gasteiger partial charge in [0, 0.05) is 18.7 Å². The molecule has 1 aliphatic carbocycles. The van der Waals surface area contributed by atoms with E-state index in [0.29, 0.717) is 24.2 Å². The highest BCUT2D eigenvalue weighted by Crippen LogP contribution is 2.39. The van der Waals surface area contributed by atoms with Crippen molar-refractivity contribution in [1.82, 2.24) is 24.5 Å². The number of furan rings is 1. The van der Waals surface area contributed by atoms with Crippen LogP contribution in [0.15, 0.2) is 35.1 Å². The van der Waals surface area contributed by atoms with Gasteiger partial charge >= 0.3 is 0 Å². The molecule has 140 valence electrons. The summed E-state index contributed by atoms with van der Waals surface area (Å²) in [6.07, 6.45) is 7.66. The average Bonchev–Trinajstić information content (AvgIpc) is 3.23. The van der Waals surface area contributed by atoms with Crippen molar-refractivity contribution in [2.45, 2.75) is 38.1 Å². The third kappa shape index (κ3) is 3.44. The lowest BCUT2D eigenvalue weighted by atomic mass is 9.97. The Morgan fingerprint density at radius 1 is 1.30 bits per heavy atom. The fraction of sp³-hybridized carbons (Fsp3) is 0.474. The largest absolute Gasteiger partial charge is 0.468 e. The molecule has 3 aromatic rings. The predicted octanol–water partition coefficient (Wildman–Crippen LogP) is 2.45. The smallest absolute Gasteiger partial charge is 0.254 e. The van der Waals surface area contributed by atoms with Crippen LogP contribution < -0.4 is 5.32 Å². The van der Waals surface area contributed by atoms with Crippen LogP contribution in [0.4, 0.5) is 5.95 Å². The van der Waals surface area contributed by atoms with Gasteiger partial charge in [0.15, 0.2) is 0 Å². The topological polar surface area (TPSA) is 88.6 Å². The molecule has 0 aromatic carbocycles. The van der Waals surface area contributed by atoms with Gasteiger partial charge in [0.25, 0.3) is 11.7 Å². The molecular weight excluding hydrogens is 344 g/mol. The molecule has 1 amide bonds. The Morgan fingerprint density at radius 2 is 2.22 bits per heavy atom. The fourth-order valence-corrected chi connectivity index (χ4v) is 3.80. The number of hydrogen-bond donors (Lipinski definition) is 1. The minimum Gasteiger partial charge on any atom is -0.468 e. The van der Waals surface area contributed by atoms with E-state index in [1.807, 2.05) is 18.2 Å². The van der Waals surface area contributed by atoms with E-state index in [1.165, 1.54) is 12.8 Å². The normalized spacial score (nSPS) is 20.8. The van der Waals surface area contributed by atoms with Crippen molar-refractivity contribution < 1.29 is 9.21 Å². The van der Waals surface area contributed by atoms with Gasteiger partial charge in [-0.2, -0.15) is 9.50 Å². The first-order valence-corrected chi connectivity index (χ1v) is 9.53. The standard InChI is InChI=1S/C19H22N6O2/c26-17(14-3-1-9-24(11-14)12-15-4-2-10-27-15)21-18-22-19-20-8-7-16(13-5-6-13)25(19)23-18/h2,4,7-8,10,13-14H,1,3,5-6,9,11-12H2,(H,21,23,26). The molecule has 0 bridgehead atoms. The molecule has 1 aliphatic heterocycles.